The van der Waals surface area contributed by atoms with Gasteiger partial charge in [0.05, 0.1) is 11.8 Å². The second kappa shape index (κ2) is 18.0. The summed E-state index contributed by atoms with van der Waals surface area (Å²) in [5.41, 5.74) is 4.30. The molecule has 0 heterocycles. The highest BCUT2D eigenvalue weighted by molar-refractivity contribution is 14.1. The van der Waals surface area contributed by atoms with Gasteiger partial charge in [-0.2, -0.15) is 0 Å². The molecule has 6 heteroatoms. The lowest BCUT2D eigenvalue weighted by molar-refractivity contribution is -0.149. The van der Waals surface area contributed by atoms with Gasteiger partial charge in [0.15, 0.2) is 0 Å². The molecule has 2 aliphatic carbocycles. The second-order valence-electron chi connectivity index (χ2n) is 10.6. The molecule has 0 aromatic carbocycles. The zero-order chi connectivity index (χ0) is 27.0. The van der Waals surface area contributed by atoms with Crippen LogP contribution in [0.1, 0.15) is 91.9 Å². The van der Waals surface area contributed by atoms with Crippen LogP contribution in [0.5, 0.6) is 0 Å². The van der Waals surface area contributed by atoms with Gasteiger partial charge >= 0.3 is 11.9 Å². The first-order valence-corrected chi connectivity index (χ1v) is 15.2. The molecule has 0 fully saturated rings. The zero-order valence-corrected chi connectivity index (χ0v) is 25.7. The number of allylic oxidation sites excluding steroid dienone is 8. The van der Waals surface area contributed by atoms with Gasteiger partial charge in [0.1, 0.15) is 13.2 Å². The molecule has 0 aliphatic heterocycles. The van der Waals surface area contributed by atoms with E-state index in [1.165, 1.54) is 20.3 Å². The van der Waals surface area contributed by atoms with E-state index in [1.807, 2.05) is 0 Å². The molecule has 0 N–H and O–H groups in total. The van der Waals surface area contributed by atoms with Crippen molar-refractivity contribution in [1.29, 1.82) is 0 Å². The van der Waals surface area contributed by atoms with E-state index in [2.05, 4.69) is 79.5 Å². The third-order valence-electron chi connectivity index (χ3n) is 7.34. The number of carbonyl (C=O) groups is 2. The maximum Gasteiger partial charge on any atom is 0.309 e. The first kappa shape index (κ1) is 31.8. The van der Waals surface area contributed by atoms with Crippen molar-refractivity contribution in [1.82, 2.24) is 4.90 Å². The fourth-order valence-corrected chi connectivity index (χ4v) is 5.19. The van der Waals surface area contributed by atoms with Crippen LogP contribution in [0.15, 0.2) is 44.6 Å². The third kappa shape index (κ3) is 13.3. The molecule has 2 aliphatic rings. The Morgan fingerprint density at radius 3 is 1.76 bits per heavy atom. The topological polar surface area (TPSA) is 55.8 Å². The SMILES string of the molecule is CCN(CCOC(=O)C1CC=C(CCC=C(C)C)CC1)CCOC(=O)C1CC=C(CC/C=C(\C)I)CC1. The minimum atomic E-state index is -0.0774. The summed E-state index contributed by atoms with van der Waals surface area (Å²) in [5.74, 6) is -0.183. The Morgan fingerprint density at radius 1 is 0.892 bits per heavy atom. The molecule has 0 aromatic rings. The molecule has 208 valence electrons. The molecule has 2 unspecified atom stereocenters. The van der Waals surface area contributed by atoms with Crippen LogP contribution in [0.25, 0.3) is 0 Å². The molecule has 2 atom stereocenters. The lowest BCUT2D eigenvalue weighted by Crippen LogP contribution is -2.33. The van der Waals surface area contributed by atoms with Crippen molar-refractivity contribution in [2.45, 2.75) is 91.9 Å². The van der Waals surface area contributed by atoms with Gasteiger partial charge in [0.25, 0.3) is 0 Å². The molecule has 0 bridgehead atoms. The van der Waals surface area contributed by atoms with Crippen LogP contribution in [0.2, 0.25) is 0 Å². The summed E-state index contributed by atoms with van der Waals surface area (Å²) in [5, 5.41) is 0. The van der Waals surface area contributed by atoms with Crippen LogP contribution in [0.4, 0.5) is 0 Å². The molecular weight excluding hydrogens is 577 g/mol. The number of nitrogens with zero attached hydrogens (tertiary/aromatic N) is 1. The fourth-order valence-electron chi connectivity index (χ4n) is 4.88. The molecule has 37 heavy (non-hydrogen) atoms. The van der Waals surface area contributed by atoms with Crippen LogP contribution >= 0.6 is 22.6 Å². The van der Waals surface area contributed by atoms with Gasteiger partial charge in [0.2, 0.25) is 0 Å². The number of hydrogen-bond donors (Lipinski definition) is 0. The molecule has 0 spiro atoms. The van der Waals surface area contributed by atoms with Crippen molar-refractivity contribution >= 4 is 34.5 Å². The van der Waals surface area contributed by atoms with Gasteiger partial charge in [-0.3, -0.25) is 14.5 Å². The highest BCUT2D eigenvalue weighted by atomic mass is 127. The average Bonchev–Trinajstić information content (AvgIpc) is 2.88. The van der Waals surface area contributed by atoms with E-state index in [9.17, 15) is 9.59 Å². The Balaban J connectivity index is 1.60. The maximum atomic E-state index is 12.5. The highest BCUT2D eigenvalue weighted by Gasteiger charge is 2.24. The third-order valence-corrected chi connectivity index (χ3v) is 7.78. The molecule has 0 saturated heterocycles. The van der Waals surface area contributed by atoms with Crippen LogP contribution in [0.3, 0.4) is 0 Å². The lowest BCUT2D eigenvalue weighted by atomic mass is 9.88. The van der Waals surface area contributed by atoms with E-state index in [0.29, 0.717) is 26.3 Å². The Kier molecular flexibility index (Phi) is 15.5. The van der Waals surface area contributed by atoms with Crippen LogP contribution in [-0.4, -0.2) is 49.7 Å². The monoisotopic (exact) mass is 625 g/mol. The van der Waals surface area contributed by atoms with Crippen LogP contribution in [0, 0.1) is 11.8 Å². The summed E-state index contributed by atoms with van der Waals surface area (Å²) < 4.78 is 12.5. The van der Waals surface area contributed by atoms with Gasteiger partial charge in [0, 0.05) is 13.1 Å². The second-order valence-corrected chi connectivity index (χ2v) is 12.3. The first-order valence-electron chi connectivity index (χ1n) is 14.2. The summed E-state index contributed by atoms with van der Waals surface area (Å²) in [6.07, 6.45) is 18.7. The van der Waals surface area contributed by atoms with Gasteiger partial charge in [-0.05, 0) is 118 Å². The fraction of sp³-hybridized carbons (Fsp3) is 0.677. The smallest absolute Gasteiger partial charge is 0.309 e. The van der Waals surface area contributed by atoms with E-state index >= 15 is 0 Å². The molecule has 0 aromatic heterocycles. The number of ether oxygens (including phenoxy) is 2. The van der Waals surface area contributed by atoms with Crippen molar-refractivity contribution in [2.24, 2.45) is 11.8 Å². The van der Waals surface area contributed by atoms with Crippen molar-refractivity contribution < 1.29 is 19.1 Å². The summed E-state index contributed by atoms with van der Waals surface area (Å²) in [7, 11) is 0. The summed E-state index contributed by atoms with van der Waals surface area (Å²) in [6.45, 7) is 11.4. The van der Waals surface area contributed by atoms with E-state index in [-0.39, 0.29) is 23.8 Å². The Morgan fingerprint density at radius 2 is 1.38 bits per heavy atom. The van der Waals surface area contributed by atoms with Gasteiger partial charge in [-0.1, -0.05) is 47.9 Å². The maximum absolute atomic E-state index is 12.5. The van der Waals surface area contributed by atoms with Crippen molar-refractivity contribution in [2.75, 3.05) is 32.8 Å². The molecular formula is C31H48INO4. The zero-order valence-electron chi connectivity index (χ0n) is 23.5. The highest BCUT2D eigenvalue weighted by Crippen LogP contribution is 2.28. The number of carbonyl (C=O) groups excluding carboxylic acids is 2. The van der Waals surface area contributed by atoms with E-state index < -0.39 is 0 Å². The standard InChI is InChI=1S/C31H48INO4/c1-5-33(20-22-36-30(34)28-16-12-26(13-17-28)10-6-8-24(2)3)21-23-37-31(35)29-18-14-27(15-19-29)11-7-9-25(4)32/h8-9,12,14,28-29H,5-7,10-11,13,15-23H2,1-4H3/b25-9+. The van der Waals surface area contributed by atoms with Crippen LogP contribution in [-0.2, 0) is 19.1 Å². The largest absolute Gasteiger partial charge is 0.464 e. The molecule has 0 radical (unpaired) electrons. The summed E-state index contributed by atoms with van der Waals surface area (Å²) in [4.78, 5) is 27.2. The van der Waals surface area contributed by atoms with Crippen molar-refractivity contribution in [3.63, 3.8) is 0 Å². The quantitative estimate of drug-likeness (QED) is 0.106. The Labute approximate surface area is 238 Å². The first-order chi connectivity index (χ1) is 17.8. The minimum Gasteiger partial charge on any atom is -0.464 e. The number of halogens is 1. The molecule has 0 saturated carbocycles. The Bertz CT molecular complexity index is 781. The Hall–Kier alpha value is -1.41. The molecule has 5 nitrogen and oxygen atoms in total. The molecule has 2 rings (SSSR count). The number of rotatable bonds is 15. The lowest BCUT2D eigenvalue weighted by Gasteiger charge is -2.24. The van der Waals surface area contributed by atoms with E-state index in [1.54, 1.807) is 0 Å². The van der Waals surface area contributed by atoms with E-state index in [0.717, 1.165) is 70.8 Å². The summed E-state index contributed by atoms with van der Waals surface area (Å²) >= 11 is 2.34. The van der Waals surface area contributed by atoms with Crippen molar-refractivity contribution in [3.05, 3.63) is 44.6 Å². The van der Waals surface area contributed by atoms with Crippen LogP contribution < -0.4 is 0 Å². The van der Waals surface area contributed by atoms with Gasteiger partial charge in [-0.15, -0.1) is 0 Å². The summed E-state index contributed by atoms with van der Waals surface area (Å²) in [6, 6.07) is 0. The minimum absolute atomic E-state index is 0.0137. The van der Waals surface area contributed by atoms with Crippen molar-refractivity contribution in [3.8, 4) is 0 Å². The number of esters is 2. The average molecular weight is 626 g/mol. The van der Waals surface area contributed by atoms with Gasteiger partial charge in [-0.25, -0.2) is 0 Å². The van der Waals surface area contributed by atoms with E-state index in [4.69, 9.17) is 9.47 Å². The van der Waals surface area contributed by atoms with Gasteiger partial charge < -0.3 is 9.47 Å². The number of likely N-dealkylation sites (N-methyl/N-ethyl adjacent to an activating group) is 1. The number of hydrogen-bond acceptors (Lipinski definition) is 5. The predicted molar refractivity (Wildman–Crippen MR) is 161 cm³/mol. The normalized spacial score (nSPS) is 20.2. The predicted octanol–water partition coefficient (Wildman–Crippen LogP) is 7.71. The molecule has 0 amide bonds.